The minimum atomic E-state index is -4.72. The maximum Gasteiger partial charge on any atom is 0.416 e. The Bertz CT molecular complexity index is 1370. The number of sulfonamides is 1. The molecule has 3 aromatic carbocycles. The fraction of sp³-hybridized carbons (Fsp3) is 0.269. The van der Waals surface area contributed by atoms with Crippen LogP contribution in [0.1, 0.15) is 30.9 Å². The molecule has 0 heterocycles. The molecule has 7 nitrogen and oxygen atoms in total. The highest BCUT2D eigenvalue weighted by molar-refractivity contribution is 7.92. The van der Waals surface area contributed by atoms with Crippen LogP contribution in [0.3, 0.4) is 0 Å². The Morgan fingerprint density at radius 3 is 2.24 bits per heavy atom. The number of methoxy groups -OCH3 is 2. The van der Waals surface area contributed by atoms with E-state index >= 15 is 0 Å². The molecule has 0 bridgehead atoms. The number of halogens is 3. The van der Waals surface area contributed by atoms with Gasteiger partial charge in [0, 0.05) is 11.8 Å². The van der Waals surface area contributed by atoms with Crippen molar-refractivity contribution >= 4 is 27.3 Å². The molecule has 37 heavy (non-hydrogen) atoms. The van der Waals surface area contributed by atoms with Crippen molar-refractivity contribution in [3.05, 3.63) is 77.9 Å². The Hall–Kier alpha value is -3.73. The molecule has 3 aromatic rings. The number of para-hydroxylation sites is 1. The van der Waals surface area contributed by atoms with Crippen LogP contribution >= 0.6 is 0 Å². The summed E-state index contributed by atoms with van der Waals surface area (Å²) in [7, 11) is -1.82. The van der Waals surface area contributed by atoms with E-state index in [1.165, 1.54) is 38.5 Å². The van der Waals surface area contributed by atoms with Crippen LogP contribution in [0.25, 0.3) is 0 Å². The number of carbonyl (C=O) groups is 1. The van der Waals surface area contributed by atoms with Crippen molar-refractivity contribution in [2.45, 2.75) is 30.8 Å². The number of hydrogen-bond acceptors (Lipinski definition) is 5. The third kappa shape index (κ3) is 6.34. The number of carbonyl (C=O) groups excluding carboxylic acids is 1. The number of nitrogens with zero attached hydrogens (tertiary/aromatic N) is 1. The predicted molar refractivity (Wildman–Crippen MR) is 135 cm³/mol. The first-order chi connectivity index (χ1) is 17.4. The Kier molecular flexibility index (Phi) is 8.37. The van der Waals surface area contributed by atoms with Crippen molar-refractivity contribution in [2.75, 3.05) is 30.4 Å². The van der Waals surface area contributed by atoms with E-state index < -0.39 is 34.2 Å². The molecule has 0 unspecified atom stereocenters. The second-order valence-electron chi connectivity index (χ2n) is 8.37. The van der Waals surface area contributed by atoms with Gasteiger partial charge < -0.3 is 14.8 Å². The largest absolute Gasteiger partial charge is 0.493 e. The van der Waals surface area contributed by atoms with Gasteiger partial charge >= 0.3 is 6.18 Å². The van der Waals surface area contributed by atoms with Crippen LogP contribution in [0.2, 0.25) is 0 Å². The normalized spacial score (nSPS) is 11.8. The maximum absolute atomic E-state index is 13.7. The average molecular weight is 537 g/mol. The van der Waals surface area contributed by atoms with Gasteiger partial charge in [-0.1, -0.05) is 38.1 Å². The van der Waals surface area contributed by atoms with Gasteiger partial charge in [-0.2, -0.15) is 13.2 Å². The van der Waals surface area contributed by atoms with E-state index in [1.807, 2.05) is 19.9 Å². The molecule has 0 atom stereocenters. The summed E-state index contributed by atoms with van der Waals surface area (Å²) in [5.74, 6) is -0.306. The second-order valence-corrected chi connectivity index (χ2v) is 10.2. The van der Waals surface area contributed by atoms with Crippen molar-refractivity contribution in [3.8, 4) is 11.5 Å². The summed E-state index contributed by atoms with van der Waals surface area (Å²) in [6, 6.07) is 14.6. The third-order valence-corrected chi connectivity index (χ3v) is 7.32. The fourth-order valence-electron chi connectivity index (χ4n) is 3.69. The van der Waals surface area contributed by atoms with Gasteiger partial charge in [-0.05, 0) is 47.9 Å². The zero-order chi connectivity index (χ0) is 27.4. The van der Waals surface area contributed by atoms with Crippen LogP contribution in [-0.4, -0.2) is 35.1 Å². The highest BCUT2D eigenvalue weighted by atomic mass is 32.2. The standard InChI is InChI=1S/C26H27F3N2O5S/c1-17(2)21-10-5-6-11-22(21)30-25(32)16-31(19-9-7-8-18(14-19)26(27,28)29)37(33,34)20-12-13-23(35-3)24(15-20)36-4/h5-15,17H,16H2,1-4H3,(H,30,32). The Balaban J connectivity index is 2.07. The SMILES string of the molecule is COc1ccc(S(=O)(=O)N(CC(=O)Nc2ccccc2C(C)C)c2cccc(C(F)(F)F)c2)cc1OC. The van der Waals surface area contributed by atoms with E-state index in [-0.39, 0.29) is 28.0 Å². The highest BCUT2D eigenvalue weighted by Gasteiger charge is 2.33. The zero-order valence-electron chi connectivity index (χ0n) is 20.7. The van der Waals surface area contributed by atoms with Gasteiger partial charge in [0.15, 0.2) is 11.5 Å². The topological polar surface area (TPSA) is 84.9 Å². The lowest BCUT2D eigenvalue weighted by Crippen LogP contribution is -2.38. The fourth-order valence-corrected chi connectivity index (χ4v) is 5.12. The number of benzene rings is 3. The molecule has 0 spiro atoms. The summed E-state index contributed by atoms with van der Waals surface area (Å²) < 4.78 is 78.6. The van der Waals surface area contributed by atoms with Crippen LogP contribution in [-0.2, 0) is 21.0 Å². The van der Waals surface area contributed by atoms with E-state index in [4.69, 9.17) is 9.47 Å². The molecule has 0 aliphatic rings. The van der Waals surface area contributed by atoms with Crippen molar-refractivity contribution in [3.63, 3.8) is 0 Å². The number of ether oxygens (including phenoxy) is 2. The third-order valence-electron chi connectivity index (χ3n) is 5.55. The molecular formula is C26H27F3N2O5S. The number of hydrogen-bond donors (Lipinski definition) is 1. The summed E-state index contributed by atoms with van der Waals surface area (Å²) in [4.78, 5) is 12.8. The minimum Gasteiger partial charge on any atom is -0.493 e. The lowest BCUT2D eigenvalue weighted by molar-refractivity contribution is -0.137. The number of amides is 1. The molecule has 0 aliphatic heterocycles. The predicted octanol–water partition coefficient (Wildman–Crippen LogP) is 5.68. The molecule has 3 rings (SSSR count). The Labute approximate surface area is 213 Å². The van der Waals surface area contributed by atoms with Gasteiger partial charge in [0.2, 0.25) is 5.91 Å². The molecule has 1 amide bonds. The van der Waals surface area contributed by atoms with Gasteiger partial charge in [0.1, 0.15) is 6.54 Å². The summed E-state index contributed by atoms with van der Waals surface area (Å²) in [6.45, 7) is 3.09. The lowest BCUT2D eigenvalue weighted by atomic mass is 10.0. The van der Waals surface area contributed by atoms with Crippen molar-refractivity contribution < 1.29 is 35.9 Å². The summed E-state index contributed by atoms with van der Waals surface area (Å²) in [5, 5.41) is 2.69. The van der Waals surface area contributed by atoms with Gasteiger partial charge in [-0.15, -0.1) is 0 Å². The van der Waals surface area contributed by atoms with Crippen LogP contribution in [0.15, 0.2) is 71.6 Å². The zero-order valence-corrected chi connectivity index (χ0v) is 21.5. The van der Waals surface area contributed by atoms with E-state index in [0.29, 0.717) is 16.1 Å². The average Bonchev–Trinajstić information content (AvgIpc) is 2.86. The van der Waals surface area contributed by atoms with Gasteiger partial charge in [-0.25, -0.2) is 8.42 Å². The van der Waals surface area contributed by atoms with Gasteiger partial charge in [0.05, 0.1) is 30.4 Å². The molecular weight excluding hydrogens is 509 g/mol. The molecule has 0 saturated heterocycles. The Morgan fingerprint density at radius 2 is 1.62 bits per heavy atom. The number of rotatable bonds is 9. The van der Waals surface area contributed by atoms with Crippen molar-refractivity contribution in [1.29, 1.82) is 0 Å². The number of alkyl halides is 3. The van der Waals surface area contributed by atoms with E-state index in [9.17, 15) is 26.4 Å². The summed E-state index contributed by atoms with van der Waals surface area (Å²) >= 11 is 0. The van der Waals surface area contributed by atoms with Gasteiger partial charge in [-0.3, -0.25) is 9.10 Å². The summed E-state index contributed by atoms with van der Waals surface area (Å²) in [5.41, 5.74) is -0.0702. The summed E-state index contributed by atoms with van der Waals surface area (Å²) in [6.07, 6.45) is -4.72. The highest BCUT2D eigenvalue weighted by Crippen LogP contribution is 2.35. The molecule has 0 aromatic heterocycles. The first kappa shape index (κ1) is 27.9. The van der Waals surface area contributed by atoms with Crippen molar-refractivity contribution in [1.82, 2.24) is 0 Å². The van der Waals surface area contributed by atoms with Gasteiger partial charge in [0.25, 0.3) is 10.0 Å². The van der Waals surface area contributed by atoms with Crippen LogP contribution in [0.5, 0.6) is 11.5 Å². The first-order valence-electron chi connectivity index (χ1n) is 11.2. The maximum atomic E-state index is 13.7. The van der Waals surface area contributed by atoms with E-state index in [0.717, 1.165) is 17.7 Å². The molecule has 0 saturated carbocycles. The van der Waals surface area contributed by atoms with Crippen LogP contribution in [0.4, 0.5) is 24.5 Å². The van der Waals surface area contributed by atoms with E-state index in [2.05, 4.69) is 5.32 Å². The van der Waals surface area contributed by atoms with Crippen molar-refractivity contribution in [2.24, 2.45) is 0 Å². The monoisotopic (exact) mass is 536 g/mol. The molecule has 0 fully saturated rings. The van der Waals surface area contributed by atoms with Crippen LogP contribution in [0, 0.1) is 0 Å². The number of anilines is 2. The molecule has 0 radical (unpaired) electrons. The molecule has 0 aliphatic carbocycles. The minimum absolute atomic E-state index is 0.0616. The molecule has 198 valence electrons. The van der Waals surface area contributed by atoms with E-state index in [1.54, 1.807) is 18.2 Å². The molecule has 1 N–H and O–H groups in total. The van der Waals surface area contributed by atoms with Crippen LogP contribution < -0.4 is 19.1 Å². The quantitative estimate of drug-likeness (QED) is 0.380. The Morgan fingerprint density at radius 1 is 0.946 bits per heavy atom. The first-order valence-corrected chi connectivity index (χ1v) is 12.6. The second kappa shape index (κ2) is 11.1. The number of nitrogens with one attached hydrogen (secondary N) is 1. The smallest absolute Gasteiger partial charge is 0.416 e. The molecule has 11 heteroatoms. The lowest BCUT2D eigenvalue weighted by Gasteiger charge is -2.25.